The van der Waals surface area contributed by atoms with E-state index < -0.39 is 0 Å². The van der Waals surface area contributed by atoms with Crippen molar-refractivity contribution >= 4 is 16.9 Å². The number of furan rings is 1. The minimum absolute atomic E-state index is 0.0921. The third-order valence-corrected chi connectivity index (χ3v) is 2.69. The van der Waals surface area contributed by atoms with Gasteiger partial charge in [-0.3, -0.25) is 4.79 Å². The first kappa shape index (κ1) is 12.6. The summed E-state index contributed by atoms with van der Waals surface area (Å²) in [4.78, 5) is 12.0. The molecule has 18 heavy (non-hydrogen) atoms. The maximum absolute atomic E-state index is 12.0. The van der Waals surface area contributed by atoms with E-state index in [2.05, 4.69) is 24.5 Å². The molecule has 1 amide bonds. The highest BCUT2D eigenvalue weighted by Gasteiger charge is 2.12. The van der Waals surface area contributed by atoms with Crippen molar-refractivity contribution in [3.63, 3.8) is 0 Å². The molecule has 0 aliphatic carbocycles. The van der Waals surface area contributed by atoms with Crippen molar-refractivity contribution < 1.29 is 9.21 Å². The van der Waals surface area contributed by atoms with Gasteiger partial charge >= 0.3 is 0 Å². The lowest BCUT2D eigenvalue weighted by Gasteiger charge is -2.08. The first-order valence-corrected chi connectivity index (χ1v) is 6.16. The summed E-state index contributed by atoms with van der Waals surface area (Å²) in [6, 6.07) is 7.96. The second kappa shape index (κ2) is 5.69. The van der Waals surface area contributed by atoms with Gasteiger partial charge in [0.25, 0.3) is 5.91 Å². The first-order valence-electron chi connectivity index (χ1n) is 6.16. The fraction of sp³-hybridized carbons (Fsp3) is 0.357. The van der Waals surface area contributed by atoms with Crippen LogP contribution in [0, 0.1) is 0 Å². The second-order valence-electron chi connectivity index (χ2n) is 4.51. The monoisotopic (exact) mass is 246 g/mol. The number of amides is 1. The van der Waals surface area contributed by atoms with Crippen LogP contribution in [0.3, 0.4) is 0 Å². The number of carbonyl (C=O) groups is 1. The number of para-hydroxylation sites is 1. The van der Waals surface area contributed by atoms with Gasteiger partial charge in [-0.25, -0.2) is 0 Å². The third-order valence-electron chi connectivity index (χ3n) is 2.69. The topological polar surface area (TPSA) is 54.3 Å². The summed E-state index contributed by atoms with van der Waals surface area (Å²) in [6.45, 7) is 5.52. The predicted molar refractivity (Wildman–Crippen MR) is 71.7 cm³/mol. The molecule has 1 heterocycles. The van der Waals surface area contributed by atoms with Gasteiger partial charge in [0, 0.05) is 24.5 Å². The maximum atomic E-state index is 12.0. The Labute approximate surface area is 106 Å². The number of benzene rings is 1. The first-order chi connectivity index (χ1) is 8.68. The van der Waals surface area contributed by atoms with Crippen molar-refractivity contribution in [2.75, 3.05) is 13.1 Å². The van der Waals surface area contributed by atoms with Crippen LogP contribution in [0.2, 0.25) is 0 Å². The van der Waals surface area contributed by atoms with E-state index in [1.807, 2.05) is 24.3 Å². The van der Waals surface area contributed by atoms with Crippen LogP contribution in [-0.4, -0.2) is 25.0 Å². The van der Waals surface area contributed by atoms with Crippen LogP contribution < -0.4 is 10.6 Å². The average Bonchev–Trinajstić information content (AvgIpc) is 2.78. The summed E-state index contributed by atoms with van der Waals surface area (Å²) < 4.78 is 5.34. The maximum Gasteiger partial charge on any atom is 0.255 e. The molecule has 1 aromatic heterocycles. The summed E-state index contributed by atoms with van der Waals surface area (Å²) in [5.74, 6) is -0.0921. The fourth-order valence-corrected chi connectivity index (χ4v) is 1.79. The van der Waals surface area contributed by atoms with E-state index in [0.29, 0.717) is 18.2 Å². The predicted octanol–water partition coefficient (Wildman–Crippen LogP) is 2.16. The van der Waals surface area contributed by atoms with Gasteiger partial charge in [0.2, 0.25) is 0 Å². The van der Waals surface area contributed by atoms with Crippen molar-refractivity contribution in [2.45, 2.75) is 19.9 Å². The zero-order valence-electron chi connectivity index (χ0n) is 10.7. The van der Waals surface area contributed by atoms with Gasteiger partial charge < -0.3 is 15.1 Å². The van der Waals surface area contributed by atoms with Crippen molar-refractivity contribution in [3.05, 3.63) is 36.1 Å². The van der Waals surface area contributed by atoms with Crippen molar-refractivity contribution in [3.8, 4) is 0 Å². The van der Waals surface area contributed by atoms with Crippen LogP contribution in [0.1, 0.15) is 24.2 Å². The molecule has 0 unspecified atom stereocenters. The van der Waals surface area contributed by atoms with Gasteiger partial charge in [0.05, 0.1) is 5.56 Å². The molecule has 4 heteroatoms. The molecule has 0 radical (unpaired) electrons. The van der Waals surface area contributed by atoms with E-state index in [1.54, 1.807) is 0 Å². The molecule has 2 rings (SSSR count). The molecule has 2 N–H and O–H groups in total. The van der Waals surface area contributed by atoms with E-state index >= 15 is 0 Å². The third kappa shape index (κ3) is 2.90. The minimum Gasteiger partial charge on any atom is -0.463 e. The van der Waals surface area contributed by atoms with Gasteiger partial charge in [-0.2, -0.15) is 0 Å². The van der Waals surface area contributed by atoms with Gasteiger partial charge in [-0.1, -0.05) is 32.0 Å². The van der Waals surface area contributed by atoms with Crippen molar-refractivity contribution in [1.29, 1.82) is 0 Å². The Bertz CT molecular complexity index is 531. The standard InChI is InChI=1S/C14H18N2O2/c1-10(2)15-7-8-16-14(17)12-9-18-13-6-4-3-5-11(12)13/h3-6,9-10,15H,7-8H2,1-2H3,(H,16,17). The zero-order chi connectivity index (χ0) is 13.0. The van der Waals surface area contributed by atoms with E-state index in [-0.39, 0.29) is 5.91 Å². The van der Waals surface area contributed by atoms with Crippen LogP contribution in [0.5, 0.6) is 0 Å². The Morgan fingerprint density at radius 3 is 2.83 bits per heavy atom. The van der Waals surface area contributed by atoms with Gasteiger partial charge in [0.15, 0.2) is 0 Å². The van der Waals surface area contributed by atoms with Crippen molar-refractivity contribution in [2.24, 2.45) is 0 Å². The number of fused-ring (bicyclic) bond motifs is 1. The van der Waals surface area contributed by atoms with E-state index in [4.69, 9.17) is 4.42 Å². The molecule has 0 atom stereocenters. The normalized spacial score (nSPS) is 11.1. The lowest BCUT2D eigenvalue weighted by Crippen LogP contribution is -2.34. The van der Waals surface area contributed by atoms with Crippen LogP contribution in [-0.2, 0) is 0 Å². The molecule has 0 saturated heterocycles. The summed E-state index contributed by atoms with van der Waals surface area (Å²) in [6.07, 6.45) is 1.51. The summed E-state index contributed by atoms with van der Waals surface area (Å²) >= 11 is 0. The van der Waals surface area contributed by atoms with Crippen LogP contribution in [0.25, 0.3) is 11.0 Å². The molecular formula is C14H18N2O2. The highest BCUT2D eigenvalue weighted by Crippen LogP contribution is 2.20. The SMILES string of the molecule is CC(C)NCCNC(=O)c1coc2ccccc12. The van der Waals surface area contributed by atoms with Gasteiger partial charge in [-0.15, -0.1) is 0 Å². The summed E-state index contributed by atoms with van der Waals surface area (Å²) in [5.41, 5.74) is 1.33. The smallest absolute Gasteiger partial charge is 0.255 e. The van der Waals surface area contributed by atoms with Gasteiger partial charge in [0.1, 0.15) is 11.8 Å². The number of carbonyl (C=O) groups excluding carboxylic acids is 1. The molecule has 0 spiro atoms. The molecule has 0 aliphatic heterocycles. The Morgan fingerprint density at radius 1 is 1.28 bits per heavy atom. The molecule has 2 aromatic rings. The lowest BCUT2D eigenvalue weighted by molar-refractivity contribution is 0.0954. The van der Waals surface area contributed by atoms with Crippen LogP contribution in [0.4, 0.5) is 0 Å². The molecule has 0 aliphatic rings. The summed E-state index contributed by atoms with van der Waals surface area (Å²) in [5, 5.41) is 6.97. The number of nitrogens with one attached hydrogen (secondary N) is 2. The lowest BCUT2D eigenvalue weighted by atomic mass is 10.1. The van der Waals surface area contributed by atoms with Crippen LogP contribution >= 0.6 is 0 Å². The molecular weight excluding hydrogens is 228 g/mol. The van der Waals surface area contributed by atoms with Gasteiger partial charge in [-0.05, 0) is 6.07 Å². The Kier molecular flexibility index (Phi) is 3.99. The van der Waals surface area contributed by atoms with E-state index in [0.717, 1.165) is 17.5 Å². The summed E-state index contributed by atoms with van der Waals surface area (Å²) in [7, 11) is 0. The average molecular weight is 246 g/mol. The number of rotatable bonds is 5. The zero-order valence-corrected chi connectivity index (χ0v) is 10.7. The molecule has 4 nitrogen and oxygen atoms in total. The number of hydrogen-bond acceptors (Lipinski definition) is 3. The highest BCUT2D eigenvalue weighted by atomic mass is 16.3. The quantitative estimate of drug-likeness (QED) is 0.795. The van der Waals surface area contributed by atoms with E-state index in [9.17, 15) is 4.79 Å². The minimum atomic E-state index is -0.0921. The van der Waals surface area contributed by atoms with Crippen molar-refractivity contribution in [1.82, 2.24) is 10.6 Å². The molecule has 0 fully saturated rings. The number of hydrogen-bond donors (Lipinski definition) is 2. The second-order valence-corrected chi connectivity index (χ2v) is 4.51. The largest absolute Gasteiger partial charge is 0.463 e. The Balaban J connectivity index is 1.97. The molecule has 0 saturated carbocycles. The Morgan fingerprint density at radius 2 is 2.06 bits per heavy atom. The molecule has 96 valence electrons. The van der Waals surface area contributed by atoms with Crippen LogP contribution in [0.15, 0.2) is 34.9 Å². The molecule has 1 aromatic carbocycles. The molecule has 0 bridgehead atoms. The fourth-order valence-electron chi connectivity index (χ4n) is 1.79. The van der Waals surface area contributed by atoms with E-state index in [1.165, 1.54) is 6.26 Å². The Hall–Kier alpha value is -1.81. The highest BCUT2D eigenvalue weighted by molar-refractivity contribution is 6.05.